The molecule has 1 atom stereocenters. The van der Waals surface area contributed by atoms with Crippen LogP contribution in [0.25, 0.3) is 0 Å². The second-order valence-corrected chi connectivity index (χ2v) is 7.32. The van der Waals surface area contributed by atoms with Gasteiger partial charge in [0.05, 0.1) is 6.04 Å². The molecule has 3 heterocycles. The molecule has 0 spiro atoms. The maximum Gasteiger partial charge on any atom is 0.185 e. The van der Waals surface area contributed by atoms with Gasteiger partial charge in [-0.1, -0.05) is 6.92 Å². The maximum absolute atomic E-state index is 6.06. The smallest absolute Gasteiger partial charge is 0.185 e. The minimum Gasteiger partial charge on any atom is -0.346 e. The van der Waals surface area contributed by atoms with Gasteiger partial charge in [-0.25, -0.2) is 4.98 Å². The number of thiazole rings is 1. The van der Waals surface area contributed by atoms with Crippen molar-refractivity contribution in [2.45, 2.75) is 19.4 Å². The van der Waals surface area contributed by atoms with Gasteiger partial charge in [0.2, 0.25) is 0 Å². The first-order valence-electron chi connectivity index (χ1n) is 7.49. The molecule has 114 valence electrons. The van der Waals surface area contributed by atoms with Crippen LogP contribution in [-0.2, 0) is 6.42 Å². The quantitative estimate of drug-likeness (QED) is 0.919. The summed E-state index contributed by atoms with van der Waals surface area (Å²) in [6.45, 7) is 7.09. The summed E-state index contributed by atoms with van der Waals surface area (Å²) < 4.78 is 0. The van der Waals surface area contributed by atoms with Crippen molar-refractivity contribution in [2.75, 3.05) is 37.6 Å². The van der Waals surface area contributed by atoms with E-state index in [1.807, 2.05) is 22.9 Å². The first-order chi connectivity index (χ1) is 10.3. The van der Waals surface area contributed by atoms with Gasteiger partial charge in [-0.05, 0) is 18.6 Å². The molecule has 0 saturated carbocycles. The van der Waals surface area contributed by atoms with Crippen LogP contribution in [0.15, 0.2) is 23.7 Å². The number of hydrogen-bond acceptors (Lipinski definition) is 6. The summed E-state index contributed by atoms with van der Waals surface area (Å²) in [6.07, 6.45) is 2.99. The first kappa shape index (κ1) is 15.0. The standard InChI is InChI=1S/C15H22N4S2/c1-2-12-3-4-14(21-12)13(11-16)18-6-8-19(9-7-18)15-17-5-10-20-15/h3-5,10,13H,2,6-9,11,16H2,1H3. The molecule has 0 radical (unpaired) electrons. The number of aryl methyl sites for hydroxylation is 1. The monoisotopic (exact) mass is 322 g/mol. The van der Waals surface area contributed by atoms with E-state index in [1.165, 1.54) is 9.75 Å². The molecule has 21 heavy (non-hydrogen) atoms. The van der Waals surface area contributed by atoms with Crippen LogP contribution in [-0.4, -0.2) is 42.6 Å². The fourth-order valence-electron chi connectivity index (χ4n) is 2.81. The van der Waals surface area contributed by atoms with Gasteiger partial charge in [-0.15, -0.1) is 22.7 Å². The Morgan fingerprint density at radius 1 is 1.29 bits per heavy atom. The normalized spacial score (nSPS) is 18.1. The number of piperazine rings is 1. The van der Waals surface area contributed by atoms with E-state index in [0.717, 1.165) is 37.7 Å². The molecular formula is C15H22N4S2. The topological polar surface area (TPSA) is 45.4 Å². The van der Waals surface area contributed by atoms with Crippen LogP contribution in [0.2, 0.25) is 0 Å². The molecular weight excluding hydrogens is 300 g/mol. The van der Waals surface area contributed by atoms with Crippen LogP contribution >= 0.6 is 22.7 Å². The largest absolute Gasteiger partial charge is 0.346 e. The van der Waals surface area contributed by atoms with Crippen LogP contribution in [0.3, 0.4) is 0 Å². The van der Waals surface area contributed by atoms with E-state index < -0.39 is 0 Å². The van der Waals surface area contributed by atoms with Crippen LogP contribution in [0.1, 0.15) is 22.7 Å². The highest BCUT2D eigenvalue weighted by Crippen LogP contribution is 2.29. The highest BCUT2D eigenvalue weighted by atomic mass is 32.1. The average Bonchev–Trinajstić information content (AvgIpc) is 3.20. The van der Waals surface area contributed by atoms with Crippen molar-refractivity contribution in [1.82, 2.24) is 9.88 Å². The Kier molecular flexibility index (Phi) is 4.90. The zero-order valence-electron chi connectivity index (χ0n) is 12.4. The van der Waals surface area contributed by atoms with E-state index in [1.54, 1.807) is 11.3 Å². The third kappa shape index (κ3) is 3.29. The van der Waals surface area contributed by atoms with Crippen molar-refractivity contribution >= 4 is 27.8 Å². The summed E-state index contributed by atoms with van der Waals surface area (Å²) in [5.41, 5.74) is 6.06. The molecule has 1 aliphatic rings. The maximum atomic E-state index is 6.06. The van der Waals surface area contributed by atoms with Crippen molar-refractivity contribution in [3.05, 3.63) is 33.5 Å². The van der Waals surface area contributed by atoms with E-state index in [9.17, 15) is 0 Å². The molecule has 1 aliphatic heterocycles. The molecule has 0 amide bonds. The summed E-state index contributed by atoms with van der Waals surface area (Å²) in [7, 11) is 0. The van der Waals surface area contributed by atoms with Crippen molar-refractivity contribution in [1.29, 1.82) is 0 Å². The second kappa shape index (κ2) is 6.87. The molecule has 4 nitrogen and oxygen atoms in total. The van der Waals surface area contributed by atoms with Crippen LogP contribution in [0, 0.1) is 0 Å². The van der Waals surface area contributed by atoms with Gasteiger partial charge < -0.3 is 10.6 Å². The summed E-state index contributed by atoms with van der Waals surface area (Å²) in [5.74, 6) is 0. The molecule has 1 unspecified atom stereocenters. The number of nitrogens with two attached hydrogens (primary N) is 1. The van der Waals surface area contributed by atoms with Gasteiger partial charge in [0, 0.05) is 54.1 Å². The Morgan fingerprint density at radius 3 is 2.67 bits per heavy atom. The minimum atomic E-state index is 0.369. The molecule has 3 rings (SSSR count). The second-order valence-electron chi connectivity index (χ2n) is 5.25. The minimum absolute atomic E-state index is 0.369. The number of anilines is 1. The number of aromatic nitrogens is 1. The summed E-state index contributed by atoms with van der Waals surface area (Å²) in [6, 6.07) is 4.87. The number of rotatable bonds is 5. The van der Waals surface area contributed by atoms with Crippen LogP contribution in [0.5, 0.6) is 0 Å². The molecule has 1 saturated heterocycles. The summed E-state index contributed by atoms with van der Waals surface area (Å²) in [4.78, 5) is 12.2. The van der Waals surface area contributed by atoms with Crippen molar-refractivity contribution in [2.24, 2.45) is 5.73 Å². The molecule has 2 aromatic rings. The molecule has 1 fully saturated rings. The zero-order chi connectivity index (χ0) is 14.7. The third-order valence-corrected chi connectivity index (χ3v) is 6.19. The first-order valence-corrected chi connectivity index (χ1v) is 9.18. The van der Waals surface area contributed by atoms with Gasteiger partial charge in [0.1, 0.15) is 0 Å². The fraction of sp³-hybridized carbons (Fsp3) is 0.533. The van der Waals surface area contributed by atoms with E-state index >= 15 is 0 Å². The van der Waals surface area contributed by atoms with Gasteiger partial charge in [0.15, 0.2) is 5.13 Å². The van der Waals surface area contributed by atoms with Gasteiger partial charge in [-0.2, -0.15) is 0 Å². The SMILES string of the molecule is CCc1ccc(C(CN)N2CCN(c3nccs3)CC2)s1. The zero-order valence-corrected chi connectivity index (χ0v) is 14.0. The Bertz CT molecular complexity index is 544. The number of hydrogen-bond donors (Lipinski definition) is 1. The summed E-state index contributed by atoms with van der Waals surface area (Å²) >= 11 is 3.63. The molecule has 0 aromatic carbocycles. The number of nitrogens with zero attached hydrogens (tertiary/aromatic N) is 3. The lowest BCUT2D eigenvalue weighted by atomic mass is 10.1. The lowest BCUT2D eigenvalue weighted by Crippen LogP contribution is -2.48. The average molecular weight is 323 g/mol. The highest BCUT2D eigenvalue weighted by molar-refractivity contribution is 7.13. The lowest BCUT2D eigenvalue weighted by molar-refractivity contribution is 0.193. The van der Waals surface area contributed by atoms with Crippen molar-refractivity contribution in [3.63, 3.8) is 0 Å². The molecule has 2 aromatic heterocycles. The van der Waals surface area contributed by atoms with Crippen LogP contribution in [0.4, 0.5) is 5.13 Å². The van der Waals surface area contributed by atoms with Crippen molar-refractivity contribution in [3.8, 4) is 0 Å². The van der Waals surface area contributed by atoms with Gasteiger partial charge in [-0.3, -0.25) is 4.90 Å². The third-order valence-electron chi connectivity index (χ3n) is 4.03. The summed E-state index contributed by atoms with van der Waals surface area (Å²) in [5, 5.41) is 3.19. The molecule has 2 N–H and O–H groups in total. The predicted molar refractivity (Wildman–Crippen MR) is 91.4 cm³/mol. The van der Waals surface area contributed by atoms with Gasteiger partial charge in [0.25, 0.3) is 0 Å². The molecule has 0 aliphatic carbocycles. The van der Waals surface area contributed by atoms with E-state index in [2.05, 4.69) is 33.8 Å². The Balaban J connectivity index is 1.64. The Labute approximate surface area is 134 Å². The molecule has 0 bridgehead atoms. The number of thiophene rings is 1. The Morgan fingerprint density at radius 2 is 2.10 bits per heavy atom. The molecule has 6 heteroatoms. The van der Waals surface area contributed by atoms with E-state index in [-0.39, 0.29) is 0 Å². The van der Waals surface area contributed by atoms with Crippen molar-refractivity contribution < 1.29 is 0 Å². The fourth-order valence-corrected chi connectivity index (χ4v) is 4.60. The van der Waals surface area contributed by atoms with E-state index in [0.29, 0.717) is 12.6 Å². The Hall–Kier alpha value is -0.950. The lowest BCUT2D eigenvalue weighted by Gasteiger charge is -2.38. The van der Waals surface area contributed by atoms with Crippen LogP contribution < -0.4 is 10.6 Å². The van der Waals surface area contributed by atoms with E-state index in [4.69, 9.17) is 5.73 Å². The highest BCUT2D eigenvalue weighted by Gasteiger charge is 2.25. The predicted octanol–water partition coefficient (Wildman–Crippen LogP) is 2.59. The van der Waals surface area contributed by atoms with Gasteiger partial charge >= 0.3 is 0 Å².